The summed E-state index contributed by atoms with van der Waals surface area (Å²) in [5.74, 6) is -0.423. The maximum atomic E-state index is 11.8. The van der Waals surface area contributed by atoms with Crippen LogP contribution in [0.4, 0.5) is 5.69 Å². The lowest BCUT2D eigenvalue weighted by Gasteiger charge is -2.06. The molecule has 1 aromatic carbocycles. The molecular formula is C11H12N2O4S. The van der Waals surface area contributed by atoms with Gasteiger partial charge in [-0.1, -0.05) is 0 Å². The maximum absolute atomic E-state index is 11.8. The number of sulfonamides is 1. The number of fused-ring (bicyclic) bond motifs is 1. The zero-order valence-corrected chi connectivity index (χ0v) is 10.5. The molecule has 0 bridgehead atoms. The molecule has 0 aromatic heterocycles. The summed E-state index contributed by atoms with van der Waals surface area (Å²) in [6.07, 6.45) is 0.172. The minimum Gasteiger partial charge on any atom is -0.326 e. The van der Waals surface area contributed by atoms with E-state index in [0.717, 1.165) is 0 Å². The molecule has 0 unspecified atom stereocenters. The van der Waals surface area contributed by atoms with Gasteiger partial charge in [-0.3, -0.25) is 9.59 Å². The van der Waals surface area contributed by atoms with E-state index in [2.05, 4.69) is 10.0 Å². The van der Waals surface area contributed by atoms with Crippen molar-refractivity contribution in [3.05, 3.63) is 23.8 Å². The Morgan fingerprint density at radius 3 is 2.83 bits per heavy atom. The zero-order valence-electron chi connectivity index (χ0n) is 9.69. The molecule has 6 nitrogen and oxygen atoms in total. The van der Waals surface area contributed by atoms with E-state index in [1.54, 1.807) is 6.07 Å². The molecule has 1 aliphatic heterocycles. The molecule has 1 aliphatic rings. The van der Waals surface area contributed by atoms with E-state index in [9.17, 15) is 18.0 Å². The monoisotopic (exact) mass is 268 g/mol. The van der Waals surface area contributed by atoms with Crippen LogP contribution in [-0.2, 0) is 26.0 Å². The highest BCUT2D eigenvalue weighted by atomic mass is 32.2. The first-order valence-electron chi connectivity index (χ1n) is 5.30. The van der Waals surface area contributed by atoms with Crippen LogP contribution in [0.5, 0.6) is 0 Å². The number of carbonyl (C=O) groups excluding carboxylic acids is 2. The van der Waals surface area contributed by atoms with Crippen LogP contribution in [0.25, 0.3) is 0 Å². The predicted molar refractivity (Wildman–Crippen MR) is 64.6 cm³/mol. The van der Waals surface area contributed by atoms with E-state index < -0.39 is 10.0 Å². The number of anilines is 1. The van der Waals surface area contributed by atoms with Gasteiger partial charge in [-0.2, -0.15) is 0 Å². The van der Waals surface area contributed by atoms with Gasteiger partial charge in [-0.05, 0) is 30.7 Å². The number of carbonyl (C=O) groups is 2. The second-order valence-corrected chi connectivity index (χ2v) is 5.84. The molecule has 0 spiro atoms. The summed E-state index contributed by atoms with van der Waals surface area (Å²) in [5.41, 5.74) is 1.27. The van der Waals surface area contributed by atoms with Gasteiger partial charge < -0.3 is 5.32 Å². The number of Topliss-reactive ketones (excluding diaryl/α,β-unsaturated/α-hetero) is 1. The fourth-order valence-electron chi connectivity index (χ4n) is 1.65. The first-order valence-corrected chi connectivity index (χ1v) is 6.79. The predicted octanol–water partition coefficient (Wildman–Crippen LogP) is 0.0485. The molecule has 1 amide bonds. The Morgan fingerprint density at radius 1 is 1.44 bits per heavy atom. The summed E-state index contributed by atoms with van der Waals surface area (Å²) in [6.45, 7) is 1.06. The van der Waals surface area contributed by atoms with Crippen LogP contribution in [0.15, 0.2) is 23.1 Å². The topological polar surface area (TPSA) is 92.3 Å². The van der Waals surface area contributed by atoms with Gasteiger partial charge >= 0.3 is 0 Å². The molecule has 0 saturated carbocycles. The molecule has 7 heteroatoms. The first-order chi connectivity index (χ1) is 8.38. The number of rotatable bonds is 4. The molecule has 1 aromatic rings. The SMILES string of the molecule is CC(=O)CNS(=O)(=O)c1ccc2c(c1)CC(=O)N2. The van der Waals surface area contributed by atoms with Crippen molar-refractivity contribution < 1.29 is 18.0 Å². The van der Waals surface area contributed by atoms with Gasteiger partial charge in [0, 0.05) is 5.69 Å². The van der Waals surface area contributed by atoms with Crippen LogP contribution in [0.1, 0.15) is 12.5 Å². The van der Waals surface area contributed by atoms with Crippen LogP contribution >= 0.6 is 0 Å². The minimum absolute atomic E-state index is 0.0546. The second-order valence-electron chi connectivity index (χ2n) is 4.07. The lowest BCUT2D eigenvalue weighted by Crippen LogP contribution is -2.28. The van der Waals surface area contributed by atoms with Gasteiger partial charge in [0.2, 0.25) is 15.9 Å². The third-order valence-electron chi connectivity index (χ3n) is 2.52. The highest BCUT2D eigenvalue weighted by Gasteiger charge is 2.21. The molecule has 0 saturated heterocycles. The summed E-state index contributed by atoms with van der Waals surface area (Å²) in [7, 11) is -3.70. The number of nitrogens with one attached hydrogen (secondary N) is 2. The average molecular weight is 268 g/mol. The number of amides is 1. The Hall–Kier alpha value is -1.73. The summed E-state index contributed by atoms with van der Waals surface area (Å²) < 4.78 is 25.9. The fourth-order valence-corrected chi connectivity index (χ4v) is 2.76. The van der Waals surface area contributed by atoms with E-state index >= 15 is 0 Å². The minimum atomic E-state index is -3.70. The molecular weight excluding hydrogens is 256 g/mol. The second kappa shape index (κ2) is 4.51. The van der Waals surface area contributed by atoms with Crippen molar-refractivity contribution in [1.82, 2.24) is 4.72 Å². The maximum Gasteiger partial charge on any atom is 0.240 e. The normalized spacial score (nSPS) is 14.2. The molecule has 18 heavy (non-hydrogen) atoms. The van der Waals surface area contributed by atoms with Gasteiger partial charge in [-0.25, -0.2) is 13.1 Å². The molecule has 0 atom stereocenters. The Kier molecular flexibility index (Phi) is 3.18. The third kappa shape index (κ3) is 2.57. The van der Waals surface area contributed by atoms with Crippen molar-refractivity contribution >= 4 is 27.4 Å². The largest absolute Gasteiger partial charge is 0.326 e. The lowest BCUT2D eigenvalue weighted by molar-refractivity contribution is -0.116. The molecule has 2 N–H and O–H groups in total. The van der Waals surface area contributed by atoms with Gasteiger partial charge in [-0.15, -0.1) is 0 Å². The van der Waals surface area contributed by atoms with Crippen molar-refractivity contribution in [1.29, 1.82) is 0 Å². The highest BCUT2D eigenvalue weighted by Crippen LogP contribution is 2.25. The van der Waals surface area contributed by atoms with Crippen molar-refractivity contribution in [2.75, 3.05) is 11.9 Å². The Labute approximate surface area is 104 Å². The Morgan fingerprint density at radius 2 is 2.17 bits per heavy atom. The number of hydrogen-bond acceptors (Lipinski definition) is 4. The first kappa shape index (κ1) is 12.7. The number of benzene rings is 1. The molecule has 0 fully saturated rings. The summed E-state index contributed by atoms with van der Waals surface area (Å²) in [4.78, 5) is 22.0. The average Bonchev–Trinajstić information content (AvgIpc) is 2.65. The van der Waals surface area contributed by atoms with Crippen LogP contribution < -0.4 is 10.0 Å². The van der Waals surface area contributed by atoms with Crippen LogP contribution in [0.3, 0.4) is 0 Å². The van der Waals surface area contributed by atoms with Gasteiger partial charge in [0.1, 0.15) is 5.78 Å². The van der Waals surface area contributed by atoms with Gasteiger partial charge in [0.25, 0.3) is 0 Å². The zero-order chi connectivity index (χ0) is 13.3. The standard InChI is InChI=1S/C11H12N2O4S/c1-7(14)6-12-18(16,17)9-2-3-10-8(4-9)5-11(15)13-10/h2-4,12H,5-6H2,1H3,(H,13,15). The summed E-state index contributed by atoms with van der Waals surface area (Å²) in [6, 6.07) is 4.38. The summed E-state index contributed by atoms with van der Waals surface area (Å²) >= 11 is 0. The molecule has 2 rings (SSSR count). The fraction of sp³-hybridized carbons (Fsp3) is 0.273. The quantitative estimate of drug-likeness (QED) is 0.807. The van der Waals surface area contributed by atoms with Gasteiger partial charge in [0.05, 0.1) is 17.9 Å². The van der Waals surface area contributed by atoms with E-state index in [-0.39, 0.29) is 29.6 Å². The van der Waals surface area contributed by atoms with Crippen LogP contribution in [-0.4, -0.2) is 26.7 Å². The Balaban J connectivity index is 2.27. The van der Waals surface area contributed by atoms with E-state index in [1.165, 1.54) is 19.1 Å². The molecule has 0 aliphatic carbocycles. The van der Waals surface area contributed by atoms with Gasteiger partial charge in [0.15, 0.2) is 0 Å². The van der Waals surface area contributed by atoms with E-state index in [4.69, 9.17) is 0 Å². The Bertz CT molecular complexity index is 622. The molecule has 1 heterocycles. The van der Waals surface area contributed by atoms with Crippen molar-refractivity contribution in [3.8, 4) is 0 Å². The van der Waals surface area contributed by atoms with E-state index in [0.29, 0.717) is 11.3 Å². The van der Waals surface area contributed by atoms with Crippen LogP contribution in [0.2, 0.25) is 0 Å². The highest BCUT2D eigenvalue weighted by molar-refractivity contribution is 7.89. The van der Waals surface area contributed by atoms with Crippen molar-refractivity contribution in [3.63, 3.8) is 0 Å². The smallest absolute Gasteiger partial charge is 0.240 e. The molecule has 0 radical (unpaired) electrons. The third-order valence-corrected chi connectivity index (χ3v) is 3.92. The lowest BCUT2D eigenvalue weighted by atomic mass is 10.2. The summed E-state index contributed by atoms with van der Waals surface area (Å²) in [5, 5.41) is 2.62. The molecule has 96 valence electrons. The van der Waals surface area contributed by atoms with E-state index in [1.807, 2.05) is 0 Å². The van der Waals surface area contributed by atoms with Crippen LogP contribution in [0, 0.1) is 0 Å². The number of hydrogen-bond donors (Lipinski definition) is 2. The number of ketones is 1. The van der Waals surface area contributed by atoms with Crippen molar-refractivity contribution in [2.24, 2.45) is 0 Å². The van der Waals surface area contributed by atoms with Crippen molar-refractivity contribution in [2.45, 2.75) is 18.2 Å².